The highest BCUT2D eigenvalue weighted by molar-refractivity contribution is 7.14. The summed E-state index contributed by atoms with van der Waals surface area (Å²) in [6.45, 7) is 0. The Bertz CT molecular complexity index is 896. The molecule has 0 atom stereocenters. The van der Waals surface area contributed by atoms with Crippen LogP contribution in [0.4, 0.5) is 16.5 Å². The number of aromatic nitrogens is 2. The lowest BCUT2D eigenvalue weighted by Crippen LogP contribution is -2.15. The summed E-state index contributed by atoms with van der Waals surface area (Å²) in [4.78, 5) is 32.4. The molecular weight excluding hydrogens is 340 g/mol. The second-order valence-corrected chi connectivity index (χ2v) is 5.75. The number of rotatable bonds is 5. The molecule has 0 aliphatic heterocycles. The van der Waals surface area contributed by atoms with E-state index in [2.05, 4.69) is 20.6 Å². The van der Waals surface area contributed by atoms with E-state index in [0.717, 1.165) is 5.69 Å². The highest BCUT2D eigenvalue weighted by atomic mass is 32.1. The minimum Gasteiger partial charge on any atom is -0.465 e. The monoisotopic (exact) mass is 354 g/mol. The van der Waals surface area contributed by atoms with E-state index in [4.69, 9.17) is 4.74 Å². The van der Waals surface area contributed by atoms with E-state index in [0.29, 0.717) is 10.8 Å². The van der Waals surface area contributed by atoms with Crippen LogP contribution in [0.15, 0.2) is 54.2 Å². The van der Waals surface area contributed by atoms with Gasteiger partial charge in [-0.05, 0) is 24.3 Å². The van der Waals surface area contributed by atoms with Crippen molar-refractivity contribution in [3.63, 3.8) is 0 Å². The van der Waals surface area contributed by atoms with E-state index in [1.54, 1.807) is 48.1 Å². The summed E-state index contributed by atoms with van der Waals surface area (Å²) >= 11 is 1.30. The fourth-order valence-electron chi connectivity index (χ4n) is 2.06. The summed E-state index contributed by atoms with van der Waals surface area (Å²) in [6, 6.07) is 10.3. The van der Waals surface area contributed by atoms with Crippen molar-refractivity contribution in [1.82, 2.24) is 9.97 Å². The standard InChI is InChI=1S/C17H14N4O3S/c1-24-16(23)12-6-2-3-7-13(12)20-15(22)14-10-25-17(21-14)19-11-5-4-8-18-9-11/h2-10H,1H3,(H,19,21)(H,20,22). The highest BCUT2D eigenvalue weighted by Gasteiger charge is 2.16. The van der Waals surface area contributed by atoms with Gasteiger partial charge in [0.2, 0.25) is 0 Å². The first-order valence-electron chi connectivity index (χ1n) is 7.28. The van der Waals surface area contributed by atoms with Crippen LogP contribution >= 0.6 is 11.3 Å². The number of amides is 1. The van der Waals surface area contributed by atoms with Crippen LogP contribution in [0.2, 0.25) is 0 Å². The van der Waals surface area contributed by atoms with Crippen LogP contribution in [-0.4, -0.2) is 29.0 Å². The molecule has 0 spiro atoms. The Kier molecular flexibility index (Phi) is 5.00. The number of anilines is 3. The molecule has 1 aromatic carbocycles. The molecule has 126 valence electrons. The molecule has 3 aromatic rings. The third-order valence-corrected chi connectivity index (χ3v) is 3.99. The summed E-state index contributed by atoms with van der Waals surface area (Å²) in [5, 5.41) is 7.96. The van der Waals surface area contributed by atoms with Gasteiger partial charge in [0.25, 0.3) is 5.91 Å². The number of esters is 1. The Labute approximate surface area is 147 Å². The van der Waals surface area contributed by atoms with Crippen LogP contribution in [0.3, 0.4) is 0 Å². The molecule has 0 saturated carbocycles. The lowest BCUT2D eigenvalue weighted by atomic mass is 10.2. The molecule has 0 aliphatic carbocycles. The van der Waals surface area contributed by atoms with Crippen molar-refractivity contribution in [2.45, 2.75) is 0 Å². The molecule has 7 nitrogen and oxygen atoms in total. The summed E-state index contributed by atoms with van der Waals surface area (Å²) in [7, 11) is 1.29. The minimum absolute atomic E-state index is 0.246. The van der Waals surface area contributed by atoms with E-state index in [-0.39, 0.29) is 11.3 Å². The maximum atomic E-state index is 12.4. The zero-order chi connectivity index (χ0) is 17.6. The van der Waals surface area contributed by atoms with Crippen molar-refractivity contribution in [2.24, 2.45) is 0 Å². The fourth-order valence-corrected chi connectivity index (χ4v) is 2.77. The number of nitrogens with zero attached hydrogens (tertiary/aromatic N) is 2. The Morgan fingerprint density at radius 3 is 2.76 bits per heavy atom. The number of carbonyl (C=O) groups excluding carboxylic acids is 2. The lowest BCUT2D eigenvalue weighted by molar-refractivity contribution is 0.0602. The summed E-state index contributed by atoms with van der Waals surface area (Å²) in [5.74, 6) is -0.931. The third-order valence-electron chi connectivity index (χ3n) is 3.23. The number of hydrogen-bond donors (Lipinski definition) is 2. The second kappa shape index (κ2) is 7.54. The van der Waals surface area contributed by atoms with Crippen LogP contribution in [0.25, 0.3) is 0 Å². The molecule has 25 heavy (non-hydrogen) atoms. The van der Waals surface area contributed by atoms with Gasteiger partial charge in [-0.2, -0.15) is 0 Å². The molecule has 0 saturated heterocycles. The van der Waals surface area contributed by atoms with E-state index < -0.39 is 11.9 Å². The van der Waals surface area contributed by atoms with Crippen LogP contribution < -0.4 is 10.6 Å². The van der Waals surface area contributed by atoms with Crippen LogP contribution in [0.5, 0.6) is 0 Å². The molecule has 0 aliphatic rings. The largest absolute Gasteiger partial charge is 0.465 e. The molecule has 2 aromatic heterocycles. The molecule has 2 heterocycles. The fraction of sp³-hybridized carbons (Fsp3) is 0.0588. The number of methoxy groups -OCH3 is 1. The first-order chi connectivity index (χ1) is 12.2. The van der Waals surface area contributed by atoms with E-state index in [9.17, 15) is 9.59 Å². The number of carbonyl (C=O) groups is 2. The lowest BCUT2D eigenvalue weighted by Gasteiger charge is -2.08. The topological polar surface area (TPSA) is 93.2 Å². The predicted molar refractivity (Wildman–Crippen MR) is 95.4 cm³/mol. The van der Waals surface area contributed by atoms with Crippen molar-refractivity contribution in [3.8, 4) is 0 Å². The first-order valence-corrected chi connectivity index (χ1v) is 8.16. The van der Waals surface area contributed by atoms with Gasteiger partial charge in [-0.1, -0.05) is 12.1 Å². The summed E-state index contributed by atoms with van der Waals surface area (Å²) in [5.41, 5.74) is 1.67. The maximum absolute atomic E-state index is 12.4. The number of para-hydroxylation sites is 1. The van der Waals surface area contributed by atoms with Crippen molar-refractivity contribution in [2.75, 3.05) is 17.7 Å². The predicted octanol–water partition coefficient (Wildman–Crippen LogP) is 3.32. The molecular formula is C17H14N4O3S. The number of pyridine rings is 1. The quantitative estimate of drug-likeness (QED) is 0.683. The van der Waals surface area contributed by atoms with Gasteiger partial charge in [-0.3, -0.25) is 9.78 Å². The average Bonchev–Trinajstić information content (AvgIpc) is 3.11. The Hall–Kier alpha value is -3.26. The van der Waals surface area contributed by atoms with E-state index >= 15 is 0 Å². The number of thiazole rings is 1. The Morgan fingerprint density at radius 2 is 2.00 bits per heavy atom. The van der Waals surface area contributed by atoms with Gasteiger partial charge in [0, 0.05) is 11.6 Å². The summed E-state index contributed by atoms with van der Waals surface area (Å²) in [6.07, 6.45) is 3.33. The van der Waals surface area contributed by atoms with Gasteiger partial charge in [0.05, 0.1) is 30.2 Å². The first kappa shape index (κ1) is 16.6. The maximum Gasteiger partial charge on any atom is 0.339 e. The smallest absolute Gasteiger partial charge is 0.339 e. The molecule has 0 bridgehead atoms. The van der Waals surface area contributed by atoms with Gasteiger partial charge in [-0.15, -0.1) is 11.3 Å². The minimum atomic E-state index is -0.520. The normalized spacial score (nSPS) is 10.1. The van der Waals surface area contributed by atoms with E-state index in [1.165, 1.54) is 18.4 Å². The van der Waals surface area contributed by atoms with Gasteiger partial charge in [-0.25, -0.2) is 9.78 Å². The molecule has 0 unspecified atom stereocenters. The third kappa shape index (κ3) is 3.99. The van der Waals surface area contributed by atoms with Crippen molar-refractivity contribution >= 4 is 39.7 Å². The average molecular weight is 354 g/mol. The van der Waals surface area contributed by atoms with Gasteiger partial charge < -0.3 is 15.4 Å². The Morgan fingerprint density at radius 1 is 1.16 bits per heavy atom. The number of hydrogen-bond acceptors (Lipinski definition) is 7. The number of ether oxygens (including phenoxy) is 1. The van der Waals surface area contributed by atoms with Crippen LogP contribution in [0.1, 0.15) is 20.8 Å². The molecule has 3 rings (SSSR count). The summed E-state index contributed by atoms with van der Waals surface area (Å²) < 4.78 is 4.71. The zero-order valence-corrected chi connectivity index (χ0v) is 14.0. The van der Waals surface area contributed by atoms with Crippen molar-refractivity contribution in [1.29, 1.82) is 0 Å². The van der Waals surface area contributed by atoms with E-state index in [1.807, 2.05) is 6.07 Å². The number of nitrogens with one attached hydrogen (secondary N) is 2. The van der Waals surface area contributed by atoms with Crippen LogP contribution in [0, 0.1) is 0 Å². The SMILES string of the molecule is COC(=O)c1ccccc1NC(=O)c1csc(Nc2cccnc2)n1. The Balaban J connectivity index is 1.74. The van der Waals surface area contributed by atoms with Gasteiger partial charge >= 0.3 is 5.97 Å². The molecule has 2 N–H and O–H groups in total. The zero-order valence-electron chi connectivity index (χ0n) is 13.2. The van der Waals surface area contributed by atoms with Gasteiger partial charge in [0.1, 0.15) is 5.69 Å². The van der Waals surface area contributed by atoms with Gasteiger partial charge in [0.15, 0.2) is 5.13 Å². The molecule has 8 heteroatoms. The molecule has 0 fully saturated rings. The second-order valence-electron chi connectivity index (χ2n) is 4.90. The highest BCUT2D eigenvalue weighted by Crippen LogP contribution is 2.22. The molecule has 1 amide bonds. The van der Waals surface area contributed by atoms with Crippen molar-refractivity contribution < 1.29 is 14.3 Å². The van der Waals surface area contributed by atoms with Crippen LogP contribution in [-0.2, 0) is 4.74 Å². The number of benzene rings is 1. The molecule has 0 radical (unpaired) electrons. The van der Waals surface area contributed by atoms with Crippen molar-refractivity contribution in [3.05, 3.63) is 65.4 Å².